The summed E-state index contributed by atoms with van der Waals surface area (Å²) in [7, 11) is 1.38. The van der Waals surface area contributed by atoms with E-state index in [1.54, 1.807) is 0 Å². The quantitative estimate of drug-likeness (QED) is 0.617. The van der Waals surface area contributed by atoms with Gasteiger partial charge < -0.3 is 15.4 Å². The first kappa shape index (κ1) is 17.4. The summed E-state index contributed by atoms with van der Waals surface area (Å²) < 4.78 is 4.82. The second kappa shape index (κ2) is 8.08. The summed E-state index contributed by atoms with van der Waals surface area (Å²) in [6.07, 6.45) is 1.86. The van der Waals surface area contributed by atoms with Crippen LogP contribution in [-0.2, 0) is 17.6 Å². The fourth-order valence-electron chi connectivity index (χ4n) is 2.06. The van der Waals surface area contributed by atoms with E-state index >= 15 is 0 Å². The molecule has 0 radical (unpaired) electrons. The summed E-state index contributed by atoms with van der Waals surface area (Å²) >= 11 is 6.85. The van der Waals surface area contributed by atoms with Crippen molar-refractivity contribution < 1.29 is 9.53 Å². The van der Waals surface area contributed by atoms with Gasteiger partial charge in [0.25, 0.3) is 0 Å². The molecular weight excluding hydrogens is 328 g/mol. The third-order valence-corrected chi connectivity index (χ3v) is 4.78. The number of carbonyl (C=O) groups excluding carboxylic acids is 1. The fourth-order valence-corrected chi connectivity index (χ4v) is 3.33. The molecule has 122 valence electrons. The highest BCUT2D eigenvalue weighted by molar-refractivity contribution is 7.80. The van der Waals surface area contributed by atoms with Gasteiger partial charge in [0.05, 0.1) is 12.7 Å². The van der Waals surface area contributed by atoms with Gasteiger partial charge in [-0.1, -0.05) is 26.0 Å². The molecule has 0 aliphatic carbocycles. The molecule has 2 rings (SSSR count). The lowest BCUT2D eigenvalue weighted by molar-refractivity contribution is 0.0602. The maximum atomic E-state index is 11.9. The molecule has 4 nitrogen and oxygen atoms in total. The molecule has 0 amide bonds. The summed E-state index contributed by atoms with van der Waals surface area (Å²) in [6, 6.07) is 9.94. The first-order valence-electron chi connectivity index (χ1n) is 7.45. The number of anilines is 2. The van der Waals surface area contributed by atoms with E-state index < -0.39 is 0 Å². The molecule has 6 heteroatoms. The lowest BCUT2D eigenvalue weighted by Crippen LogP contribution is -2.19. The predicted molar refractivity (Wildman–Crippen MR) is 101 cm³/mol. The summed E-state index contributed by atoms with van der Waals surface area (Å²) in [5, 5.41) is 7.38. The largest absolute Gasteiger partial charge is 0.465 e. The van der Waals surface area contributed by atoms with Crippen LogP contribution in [0.15, 0.2) is 30.3 Å². The second-order valence-corrected chi connectivity index (χ2v) is 6.48. The van der Waals surface area contributed by atoms with Gasteiger partial charge in [-0.05, 0) is 48.8 Å². The van der Waals surface area contributed by atoms with Crippen LogP contribution >= 0.6 is 23.6 Å². The summed E-state index contributed by atoms with van der Waals surface area (Å²) in [5.74, 6) is -0.362. The van der Waals surface area contributed by atoms with Gasteiger partial charge >= 0.3 is 5.97 Å². The zero-order chi connectivity index (χ0) is 16.8. The van der Waals surface area contributed by atoms with Crippen LogP contribution in [0, 0.1) is 0 Å². The maximum Gasteiger partial charge on any atom is 0.340 e. The van der Waals surface area contributed by atoms with Crippen molar-refractivity contribution in [3.63, 3.8) is 0 Å². The Morgan fingerprint density at radius 2 is 1.87 bits per heavy atom. The zero-order valence-corrected chi connectivity index (χ0v) is 15.1. The topological polar surface area (TPSA) is 50.4 Å². The smallest absolute Gasteiger partial charge is 0.340 e. The molecule has 0 fully saturated rings. The third kappa shape index (κ3) is 4.53. The second-order valence-electron chi connectivity index (χ2n) is 4.93. The normalized spacial score (nSPS) is 10.2. The number of carbonyl (C=O) groups is 1. The number of methoxy groups -OCH3 is 1. The highest BCUT2D eigenvalue weighted by atomic mass is 32.1. The van der Waals surface area contributed by atoms with Gasteiger partial charge in [0.15, 0.2) is 5.11 Å². The van der Waals surface area contributed by atoms with Gasteiger partial charge in [0.2, 0.25) is 0 Å². The van der Waals surface area contributed by atoms with E-state index in [9.17, 15) is 4.79 Å². The van der Waals surface area contributed by atoms with Gasteiger partial charge in [0.1, 0.15) is 5.00 Å². The summed E-state index contributed by atoms with van der Waals surface area (Å²) in [6.45, 7) is 4.16. The van der Waals surface area contributed by atoms with E-state index in [1.807, 2.05) is 25.1 Å². The highest BCUT2D eigenvalue weighted by Crippen LogP contribution is 2.29. The van der Waals surface area contributed by atoms with Crippen LogP contribution in [0.2, 0.25) is 0 Å². The average molecular weight is 348 g/mol. The van der Waals surface area contributed by atoms with Crippen molar-refractivity contribution in [3.8, 4) is 0 Å². The molecule has 1 aromatic heterocycles. The Labute approximate surface area is 145 Å². The van der Waals surface area contributed by atoms with Crippen LogP contribution in [0.5, 0.6) is 0 Å². The van der Waals surface area contributed by atoms with E-state index in [0.717, 1.165) is 23.4 Å². The third-order valence-electron chi connectivity index (χ3n) is 3.38. The van der Waals surface area contributed by atoms with Crippen molar-refractivity contribution in [1.82, 2.24) is 0 Å². The summed E-state index contributed by atoms with van der Waals surface area (Å²) in [4.78, 5) is 13.0. The minimum absolute atomic E-state index is 0.362. The Hall–Kier alpha value is -1.92. The van der Waals surface area contributed by atoms with Crippen molar-refractivity contribution >= 4 is 45.3 Å². The lowest BCUT2D eigenvalue weighted by Gasteiger charge is -2.10. The van der Waals surface area contributed by atoms with Crippen LogP contribution in [0.1, 0.15) is 34.6 Å². The molecule has 2 N–H and O–H groups in total. The Morgan fingerprint density at radius 3 is 2.43 bits per heavy atom. The zero-order valence-electron chi connectivity index (χ0n) is 13.4. The van der Waals surface area contributed by atoms with E-state index in [2.05, 4.69) is 29.7 Å². The van der Waals surface area contributed by atoms with Crippen molar-refractivity contribution in [2.24, 2.45) is 0 Å². The molecular formula is C17H20N2O2S2. The van der Waals surface area contributed by atoms with Crippen LogP contribution in [0.25, 0.3) is 0 Å². The van der Waals surface area contributed by atoms with E-state index in [-0.39, 0.29) is 5.97 Å². The molecule has 2 aromatic rings. The Kier molecular flexibility index (Phi) is 6.12. The number of esters is 1. The van der Waals surface area contributed by atoms with Gasteiger partial charge in [0, 0.05) is 10.6 Å². The number of rotatable bonds is 5. The number of ether oxygens (including phenoxy) is 1. The molecule has 23 heavy (non-hydrogen) atoms. The molecule has 0 unspecified atom stereocenters. The molecule has 0 atom stereocenters. The van der Waals surface area contributed by atoms with Crippen LogP contribution in [0.3, 0.4) is 0 Å². The number of benzene rings is 1. The number of hydrogen-bond acceptors (Lipinski definition) is 4. The van der Waals surface area contributed by atoms with Crippen LogP contribution < -0.4 is 10.6 Å². The Morgan fingerprint density at radius 1 is 1.17 bits per heavy atom. The number of hydrogen-bond donors (Lipinski definition) is 2. The molecule has 0 saturated carbocycles. The van der Waals surface area contributed by atoms with Gasteiger partial charge in [-0.3, -0.25) is 0 Å². The molecule has 0 saturated heterocycles. The molecule has 1 aromatic carbocycles. The average Bonchev–Trinajstić information content (AvgIpc) is 2.97. The van der Waals surface area contributed by atoms with E-state index in [4.69, 9.17) is 17.0 Å². The van der Waals surface area contributed by atoms with Crippen molar-refractivity contribution in [2.75, 3.05) is 17.7 Å². The first-order chi connectivity index (χ1) is 11.1. The Balaban J connectivity index is 2.09. The number of thiophene rings is 1. The molecule has 0 spiro atoms. The molecule has 0 bridgehead atoms. The monoisotopic (exact) mass is 348 g/mol. The lowest BCUT2D eigenvalue weighted by atomic mass is 10.1. The fraction of sp³-hybridized carbons (Fsp3) is 0.294. The van der Waals surface area contributed by atoms with Crippen LogP contribution in [-0.4, -0.2) is 18.2 Å². The SMILES string of the molecule is CCc1ccc(NC(=S)Nc2sc(CC)cc2C(=O)OC)cc1. The van der Waals surface area contributed by atoms with Gasteiger partial charge in [-0.2, -0.15) is 0 Å². The minimum Gasteiger partial charge on any atom is -0.465 e. The Bertz CT molecular complexity index is 693. The minimum atomic E-state index is -0.362. The van der Waals surface area contributed by atoms with Gasteiger partial charge in [-0.25, -0.2) is 4.79 Å². The number of thiocarbonyl (C=S) groups is 1. The van der Waals surface area contributed by atoms with E-state index in [0.29, 0.717) is 15.7 Å². The van der Waals surface area contributed by atoms with Crippen molar-refractivity contribution in [3.05, 3.63) is 46.3 Å². The number of nitrogens with one attached hydrogen (secondary N) is 2. The van der Waals surface area contributed by atoms with Gasteiger partial charge in [-0.15, -0.1) is 11.3 Å². The number of aryl methyl sites for hydroxylation is 2. The highest BCUT2D eigenvalue weighted by Gasteiger charge is 2.17. The molecule has 1 heterocycles. The maximum absolute atomic E-state index is 11.9. The first-order valence-corrected chi connectivity index (χ1v) is 8.67. The summed E-state index contributed by atoms with van der Waals surface area (Å²) in [5.41, 5.74) is 2.69. The van der Waals surface area contributed by atoms with Crippen LogP contribution in [0.4, 0.5) is 10.7 Å². The van der Waals surface area contributed by atoms with Crippen molar-refractivity contribution in [1.29, 1.82) is 0 Å². The van der Waals surface area contributed by atoms with E-state index in [1.165, 1.54) is 24.0 Å². The predicted octanol–water partition coefficient (Wildman–Crippen LogP) is 4.47. The standard InChI is InChI=1S/C17H20N2O2S2/c1-4-11-6-8-12(9-7-11)18-17(22)19-15-14(16(20)21-3)10-13(5-2)23-15/h6-10H,4-5H2,1-3H3,(H2,18,19,22). The van der Waals surface area contributed by atoms with Crippen molar-refractivity contribution in [2.45, 2.75) is 26.7 Å². The molecule has 0 aliphatic heterocycles. The molecule has 0 aliphatic rings.